The lowest BCUT2D eigenvalue weighted by Crippen LogP contribution is -3.00. The first-order chi connectivity index (χ1) is 11.4. The van der Waals surface area contributed by atoms with E-state index in [0.717, 1.165) is 12.6 Å². The zero-order chi connectivity index (χ0) is 16.0. The van der Waals surface area contributed by atoms with Gasteiger partial charge in [-0.05, 0) is 36.4 Å². The van der Waals surface area contributed by atoms with Crippen LogP contribution in [-0.4, -0.2) is 6.16 Å². The molecule has 24 heavy (non-hydrogen) atoms. The lowest BCUT2D eigenvalue weighted by Gasteiger charge is -2.27. The lowest BCUT2D eigenvalue weighted by atomic mass is 10.4. The normalized spacial score (nSPS) is 10.5. The van der Waals surface area contributed by atoms with Crippen LogP contribution in [0.5, 0.6) is 0 Å². The van der Waals surface area contributed by atoms with E-state index in [0.29, 0.717) is 0 Å². The summed E-state index contributed by atoms with van der Waals surface area (Å²) in [4.78, 5) is 0. The maximum Gasteiger partial charge on any atom is 0.113 e. The standard InChI is InChI=1S/C22H20P.BrH/c1-2-3-19-23(20-13-7-4-8-14-20,21-15-9-5-10-16-21)22-17-11-6-12-18-22;/h1,4-18H,3,19H2;1H/q+1;/p-1. The molecule has 0 aromatic heterocycles. The van der Waals surface area contributed by atoms with Crippen molar-refractivity contribution in [3.63, 3.8) is 0 Å². The second-order valence-electron chi connectivity index (χ2n) is 5.49. The van der Waals surface area contributed by atoms with E-state index in [1.54, 1.807) is 0 Å². The Labute approximate surface area is 156 Å². The van der Waals surface area contributed by atoms with Crippen molar-refractivity contribution in [1.29, 1.82) is 0 Å². The molecule has 0 atom stereocenters. The average Bonchev–Trinajstić information content (AvgIpc) is 2.65. The summed E-state index contributed by atoms with van der Waals surface area (Å²) < 4.78 is 0. The number of halogens is 1. The molecule has 0 unspecified atom stereocenters. The number of benzene rings is 3. The highest BCUT2D eigenvalue weighted by molar-refractivity contribution is 7.95. The van der Waals surface area contributed by atoms with Gasteiger partial charge in [0.25, 0.3) is 0 Å². The Kier molecular flexibility index (Phi) is 6.80. The quantitative estimate of drug-likeness (QED) is 0.447. The number of hydrogen-bond donors (Lipinski definition) is 0. The van der Waals surface area contributed by atoms with Gasteiger partial charge < -0.3 is 17.0 Å². The summed E-state index contributed by atoms with van der Waals surface area (Å²) >= 11 is 0. The van der Waals surface area contributed by atoms with Gasteiger partial charge in [-0.1, -0.05) is 54.6 Å². The van der Waals surface area contributed by atoms with E-state index in [2.05, 4.69) is 96.9 Å². The summed E-state index contributed by atoms with van der Waals surface area (Å²) in [6.07, 6.45) is 7.42. The summed E-state index contributed by atoms with van der Waals surface area (Å²) in [5, 5.41) is 4.19. The van der Waals surface area contributed by atoms with Crippen molar-refractivity contribution in [1.82, 2.24) is 0 Å². The van der Waals surface area contributed by atoms with Crippen molar-refractivity contribution in [2.75, 3.05) is 6.16 Å². The van der Waals surface area contributed by atoms with Gasteiger partial charge in [-0.3, -0.25) is 0 Å². The number of hydrogen-bond acceptors (Lipinski definition) is 0. The van der Waals surface area contributed by atoms with E-state index in [4.69, 9.17) is 6.42 Å². The third-order valence-corrected chi connectivity index (χ3v) is 8.62. The molecule has 3 aromatic carbocycles. The zero-order valence-corrected chi connectivity index (χ0v) is 16.0. The molecule has 120 valence electrons. The van der Waals surface area contributed by atoms with Gasteiger partial charge in [0.05, 0.1) is 6.16 Å². The van der Waals surface area contributed by atoms with Crippen molar-refractivity contribution in [3.05, 3.63) is 91.0 Å². The second kappa shape index (κ2) is 8.84. The largest absolute Gasteiger partial charge is 1.00 e. The zero-order valence-electron chi connectivity index (χ0n) is 13.5. The van der Waals surface area contributed by atoms with Crippen LogP contribution in [0.25, 0.3) is 0 Å². The lowest BCUT2D eigenvalue weighted by molar-refractivity contribution is -0.00000444. The van der Waals surface area contributed by atoms with E-state index in [-0.39, 0.29) is 17.0 Å². The van der Waals surface area contributed by atoms with Crippen LogP contribution in [0.2, 0.25) is 0 Å². The maximum absolute atomic E-state index is 5.64. The highest BCUT2D eigenvalue weighted by Crippen LogP contribution is 2.55. The summed E-state index contributed by atoms with van der Waals surface area (Å²) in [7, 11) is -1.71. The molecule has 0 aliphatic carbocycles. The van der Waals surface area contributed by atoms with Crippen LogP contribution >= 0.6 is 7.26 Å². The van der Waals surface area contributed by atoms with Crippen molar-refractivity contribution in [2.24, 2.45) is 0 Å². The van der Waals surface area contributed by atoms with Gasteiger partial charge in [-0.25, -0.2) is 0 Å². The third kappa shape index (κ3) is 3.62. The molecule has 0 aliphatic rings. The molecule has 0 amide bonds. The molecule has 2 heteroatoms. The molecule has 0 radical (unpaired) electrons. The van der Waals surface area contributed by atoms with Crippen molar-refractivity contribution in [3.8, 4) is 12.3 Å². The highest BCUT2D eigenvalue weighted by atomic mass is 79.9. The van der Waals surface area contributed by atoms with Gasteiger partial charge in [-0.15, -0.1) is 12.3 Å². The van der Waals surface area contributed by atoms with E-state index in [1.165, 1.54) is 15.9 Å². The van der Waals surface area contributed by atoms with Gasteiger partial charge in [0, 0.05) is 6.42 Å². The first kappa shape index (κ1) is 18.5. The van der Waals surface area contributed by atoms with Crippen molar-refractivity contribution < 1.29 is 17.0 Å². The van der Waals surface area contributed by atoms with Crippen LogP contribution in [-0.2, 0) is 0 Å². The molecule has 0 N–H and O–H groups in total. The smallest absolute Gasteiger partial charge is 0.113 e. The van der Waals surface area contributed by atoms with Crippen LogP contribution in [0.15, 0.2) is 91.0 Å². The molecule has 0 saturated carbocycles. The molecule has 0 fully saturated rings. The molecule has 0 spiro atoms. The number of rotatable bonds is 5. The molecule has 3 aromatic rings. The molecule has 0 aliphatic heterocycles. The fourth-order valence-electron chi connectivity index (χ4n) is 3.11. The fraction of sp³-hybridized carbons (Fsp3) is 0.0909. The Morgan fingerprint density at radius 2 is 0.958 bits per heavy atom. The molecule has 0 bridgehead atoms. The molecule has 0 nitrogen and oxygen atoms in total. The Morgan fingerprint density at radius 1 is 0.625 bits per heavy atom. The first-order valence-corrected chi connectivity index (χ1v) is 9.84. The Bertz CT molecular complexity index is 680. The molecule has 0 heterocycles. The van der Waals surface area contributed by atoms with E-state index in [1.807, 2.05) is 0 Å². The minimum absolute atomic E-state index is 0. The van der Waals surface area contributed by atoms with Crippen LogP contribution in [0.3, 0.4) is 0 Å². The van der Waals surface area contributed by atoms with E-state index in [9.17, 15) is 0 Å². The molecule has 3 rings (SSSR count). The maximum atomic E-state index is 5.64. The highest BCUT2D eigenvalue weighted by Gasteiger charge is 2.44. The summed E-state index contributed by atoms with van der Waals surface area (Å²) in [5.74, 6) is 2.86. The second-order valence-corrected chi connectivity index (χ2v) is 9.11. The van der Waals surface area contributed by atoms with E-state index >= 15 is 0 Å². The van der Waals surface area contributed by atoms with E-state index < -0.39 is 7.26 Å². The minimum atomic E-state index is -1.71. The van der Waals surface area contributed by atoms with Crippen molar-refractivity contribution >= 4 is 23.2 Å². The summed E-state index contributed by atoms with van der Waals surface area (Å²) in [5.41, 5.74) is 0. The third-order valence-electron chi connectivity index (χ3n) is 4.18. The Hall–Kier alpha value is -1.87. The molecular weight excluding hydrogens is 375 g/mol. The van der Waals surface area contributed by atoms with Crippen LogP contribution < -0.4 is 32.9 Å². The van der Waals surface area contributed by atoms with Gasteiger partial charge in [0.1, 0.15) is 23.2 Å². The van der Waals surface area contributed by atoms with Gasteiger partial charge >= 0.3 is 0 Å². The van der Waals surface area contributed by atoms with Gasteiger partial charge in [-0.2, -0.15) is 0 Å². The van der Waals surface area contributed by atoms with Gasteiger partial charge in [0.15, 0.2) is 0 Å². The van der Waals surface area contributed by atoms with Crippen molar-refractivity contribution in [2.45, 2.75) is 6.42 Å². The predicted octanol–water partition coefficient (Wildman–Crippen LogP) is 1.01. The SMILES string of the molecule is C#CCC[P+](c1ccccc1)(c1ccccc1)c1ccccc1.[Br-]. The minimum Gasteiger partial charge on any atom is -1.00 e. The Morgan fingerprint density at radius 3 is 1.25 bits per heavy atom. The van der Waals surface area contributed by atoms with Crippen LogP contribution in [0.4, 0.5) is 0 Å². The predicted molar refractivity (Wildman–Crippen MR) is 103 cm³/mol. The average molecular weight is 395 g/mol. The number of terminal acetylenes is 1. The molecular formula is C22H20BrP. The topological polar surface area (TPSA) is 0 Å². The fourth-order valence-corrected chi connectivity index (χ4v) is 7.29. The molecule has 0 saturated heterocycles. The van der Waals surface area contributed by atoms with Crippen LogP contribution in [0, 0.1) is 12.3 Å². The first-order valence-electron chi connectivity index (χ1n) is 7.86. The van der Waals surface area contributed by atoms with Crippen LogP contribution in [0.1, 0.15) is 6.42 Å². The summed E-state index contributed by atoms with van der Waals surface area (Å²) in [6, 6.07) is 32.5. The van der Waals surface area contributed by atoms with Gasteiger partial charge in [0.2, 0.25) is 0 Å². The monoisotopic (exact) mass is 394 g/mol. The summed E-state index contributed by atoms with van der Waals surface area (Å²) in [6.45, 7) is 0. The Balaban J connectivity index is 0.00000208.